The average Bonchev–Trinajstić information content (AvgIpc) is 3.14. The zero-order valence-corrected chi connectivity index (χ0v) is 14.6. The number of allylic oxidation sites excluding steroid dienone is 1. The summed E-state index contributed by atoms with van der Waals surface area (Å²) in [6.07, 6.45) is 3.31. The lowest BCUT2D eigenvalue weighted by atomic mass is 10.1. The molecule has 2 aromatic carbocycles. The topological polar surface area (TPSA) is 43.4 Å². The molecule has 0 fully saturated rings. The summed E-state index contributed by atoms with van der Waals surface area (Å²) in [5, 5.41) is 2.50. The molecule has 0 saturated carbocycles. The van der Waals surface area contributed by atoms with Crippen LogP contribution >= 0.6 is 22.9 Å². The summed E-state index contributed by atoms with van der Waals surface area (Å²) in [4.78, 5) is 25.2. The highest BCUT2D eigenvalue weighted by Crippen LogP contribution is 2.17. The van der Waals surface area contributed by atoms with E-state index in [-0.39, 0.29) is 5.78 Å². The van der Waals surface area contributed by atoms with Crippen molar-refractivity contribution >= 4 is 40.8 Å². The Kier molecular flexibility index (Phi) is 5.43. The molecule has 1 aromatic heterocycles. The fraction of sp³-hybridized carbons (Fsp3) is 0. The van der Waals surface area contributed by atoms with Crippen LogP contribution in [0.1, 0.15) is 25.6 Å². The molecule has 1 heterocycles. The number of hydrogen-bond acceptors (Lipinski definition) is 4. The van der Waals surface area contributed by atoms with Crippen LogP contribution in [-0.4, -0.2) is 11.8 Å². The van der Waals surface area contributed by atoms with E-state index < -0.39 is 5.97 Å². The molecule has 3 nitrogen and oxygen atoms in total. The van der Waals surface area contributed by atoms with Crippen molar-refractivity contribution in [2.45, 2.75) is 0 Å². The van der Waals surface area contributed by atoms with Crippen molar-refractivity contribution in [3.05, 3.63) is 93.1 Å². The van der Waals surface area contributed by atoms with Gasteiger partial charge in [-0.05, 0) is 72.1 Å². The molecule has 0 aliphatic heterocycles. The van der Waals surface area contributed by atoms with Crippen molar-refractivity contribution in [1.82, 2.24) is 0 Å². The van der Waals surface area contributed by atoms with Crippen molar-refractivity contribution in [1.29, 1.82) is 0 Å². The van der Waals surface area contributed by atoms with Crippen LogP contribution in [0.3, 0.4) is 0 Å². The van der Waals surface area contributed by atoms with Gasteiger partial charge in [-0.1, -0.05) is 17.7 Å². The summed E-state index contributed by atoms with van der Waals surface area (Å²) >= 11 is 7.36. The molecule has 0 saturated heterocycles. The van der Waals surface area contributed by atoms with Crippen LogP contribution < -0.4 is 4.74 Å². The zero-order valence-electron chi connectivity index (χ0n) is 13.0. The van der Waals surface area contributed by atoms with Crippen LogP contribution in [0.2, 0.25) is 5.02 Å². The van der Waals surface area contributed by atoms with Crippen molar-refractivity contribution in [3.63, 3.8) is 0 Å². The van der Waals surface area contributed by atoms with Crippen LogP contribution in [0.15, 0.2) is 72.1 Å². The molecule has 3 aromatic rings. The zero-order chi connectivity index (χ0) is 17.6. The number of carbonyl (C=O) groups excluding carboxylic acids is 2. The largest absolute Gasteiger partial charge is 0.423 e. The Morgan fingerprint density at radius 2 is 1.60 bits per heavy atom. The summed E-state index contributed by atoms with van der Waals surface area (Å²) in [6.45, 7) is 0. The second-order valence-corrected chi connectivity index (χ2v) is 6.55. The Hall–Kier alpha value is -2.69. The van der Waals surface area contributed by atoms with Crippen molar-refractivity contribution in [2.75, 3.05) is 0 Å². The molecule has 124 valence electrons. The van der Waals surface area contributed by atoms with Crippen molar-refractivity contribution < 1.29 is 14.3 Å². The maximum Gasteiger partial charge on any atom is 0.343 e. The Bertz CT molecular complexity index is 895. The van der Waals surface area contributed by atoms with Gasteiger partial charge in [-0.15, -0.1) is 11.3 Å². The maximum atomic E-state index is 12.1. The number of hydrogen-bond donors (Lipinski definition) is 0. The van der Waals surface area contributed by atoms with E-state index in [1.54, 1.807) is 65.9 Å². The highest BCUT2D eigenvalue weighted by atomic mass is 35.5. The van der Waals surface area contributed by atoms with Gasteiger partial charge < -0.3 is 4.74 Å². The minimum Gasteiger partial charge on any atom is -0.423 e. The van der Waals surface area contributed by atoms with Gasteiger partial charge in [0.2, 0.25) is 0 Å². The van der Waals surface area contributed by atoms with Gasteiger partial charge in [0.15, 0.2) is 5.78 Å². The smallest absolute Gasteiger partial charge is 0.343 e. The minimum absolute atomic E-state index is 0.107. The molecule has 5 heteroatoms. The molecule has 0 bridgehead atoms. The first-order valence-electron chi connectivity index (χ1n) is 7.45. The highest BCUT2D eigenvalue weighted by Gasteiger charge is 2.09. The third-order valence-electron chi connectivity index (χ3n) is 3.37. The molecule has 0 N–H and O–H groups in total. The molecular weight excluding hydrogens is 356 g/mol. The summed E-state index contributed by atoms with van der Waals surface area (Å²) in [5.41, 5.74) is 0.933. The van der Waals surface area contributed by atoms with Gasteiger partial charge in [0.1, 0.15) is 5.75 Å². The van der Waals surface area contributed by atoms with E-state index in [0.29, 0.717) is 21.9 Å². The lowest BCUT2D eigenvalue weighted by molar-refractivity contribution is 0.0734. The first-order chi connectivity index (χ1) is 12.1. The second kappa shape index (κ2) is 7.92. The molecule has 0 unspecified atom stereocenters. The number of ketones is 1. The third-order valence-corrected chi connectivity index (χ3v) is 4.46. The number of benzene rings is 2. The number of thiophene rings is 1. The predicted octanol–water partition coefficient (Wildman–Crippen LogP) is 5.52. The third kappa shape index (κ3) is 4.66. The quantitative estimate of drug-likeness (QED) is 0.258. The monoisotopic (exact) mass is 368 g/mol. The van der Waals surface area contributed by atoms with E-state index in [0.717, 1.165) is 4.88 Å². The maximum absolute atomic E-state index is 12.1. The van der Waals surface area contributed by atoms with Crippen molar-refractivity contribution in [3.8, 4) is 5.75 Å². The first-order valence-corrected chi connectivity index (χ1v) is 8.71. The summed E-state index contributed by atoms with van der Waals surface area (Å²) in [6, 6.07) is 16.8. The van der Waals surface area contributed by atoms with E-state index in [1.807, 2.05) is 17.5 Å². The van der Waals surface area contributed by atoms with E-state index >= 15 is 0 Å². The predicted molar refractivity (Wildman–Crippen MR) is 101 cm³/mol. The fourth-order valence-corrected chi connectivity index (χ4v) is 2.82. The molecule has 0 spiro atoms. The van der Waals surface area contributed by atoms with Crippen LogP contribution in [0.5, 0.6) is 5.75 Å². The Balaban J connectivity index is 1.64. The molecule has 0 aliphatic rings. The SMILES string of the molecule is O=C(/C=C/c1cccs1)c1ccc(OC(=O)c2ccc(Cl)cc2)cc1. The van der Waals surface area contributed by atoms with E-state index in [2.05, 4.69) is 0 Å². The summed E-state index contributed by atoms with van der Waals surface area (Å²) in [7, 11) is 0. The van der Waals surface area contributed by atoms with Crippen LogP contribution in [0.25, 0.3) is 6.08 Å². The molecule has 0 amide bonds. The molecule has 0 radical (unpaired) electrons. The van der Waals surface area contributed by atoms with Gasteiger partial charge in [-0.3, -0.25) is 4.79 Å². The Labute approximate surface area is 154 Å². The highest BCUT2D eigenvalue weighted by molar-refractivity contribution is 7.10. The van der Waals surface area contributed by atoms with Gasteiger partial charge in [-0.25, -0.2) is 4.79 Å². The van der Waals surface area contributed by atoms with E-state index in [9.17, 15) is 9.59 Å². The standard InChI is InChI=1S/C20H13ClO3S/c21-16-7-3-15(4-8-16)20(23)24-17-9-5-14(6-10-17)19(22)12-11-18-2-1-13-25-18/h1-13H/b12-11+. The summed E-state index contributed by atoms with van der Waals surface area (Å²) < 4.78 is 5.28. The minimum atomic E-state index is -0.478. The normalized spacial score (nSPS) is 10.8. The fourth-order valence-electron chi connectivity index (χ4n) is 2.08. The van der Waals surface area contributed by atoms with Crippen LogP contribution in [0, 0.1) is 0 Å². The Morgan fingerprint density at radius 3 is 2.24 bits per heavy atom. The lowest BCUT2D eigenvalue weighted by Gasteiger charge is -2.05. The number of rotatable bonds is 5. The number of halogens is 1. The number of esters is 1. The van der Waals surface area contributed by atoms with E-state index in [1.165, 1.54) is 6.08 Å². The average molecular weight is 369 g/mol. The second-order valence-electron chi connectivity index (χ2n) is 5.13. The van der Waals surface area contributed by atoms with Crippen LogP contribution in [-0.2, 0) is 0 Å². The van der Waals surface area contributed by atoms with Crippen LogP contribution in [0.4, 0.5) is 0 Å². The van der Waals surface area contributed by atoms with Gasteiger partial charge in [0.05, 0.1) is 5.56 Å². The molecular formula is C20H13ClO3S. The summed E-state index contributed by atoms with van der Waals surface area (Å²) in [5.74, 6) is -0.212. The van der Waals surface area contributed by atoms with Crippen molar-refractivity contribution in [2.24, 2.45) is 0 Å². The molecule has 0 aliphatic carbocycles. The van der Waals surface area contributed by atoms with Gasteiger partial charge in [0, 0.05) is 15.5 Å². The number of ether oxygens (including phenoxy) is 1. The lowest BCUT2D eigenvalue weighted by Crippen LogP contribution is -2.08. The van der Waals surface area contributed by atoms with Gasteiger partial charge in [0.25, 0.3) is 0 Å². The first kappa shape index (κ1) is 17.1. The number of carbonyl (C=O) groups is 2. The van der Waals surface area contributed by atoms with Gasteiger partial charge in [-0.2, -0.15) is 0 Å². The molecule has 0 atom stereocenters. The Morgan fingerprint density at radius 1 is 0.920 bits per heavy atom. The molecule has 3 rings (SSSR count). The van der Waals surface area contributed by atoms with E-state index in [4.69, 9.17) is 16.3 Å². The molecule has 25 heavy (non-hydrogen) atoms. The van der Waals surface area contributed by atoms with Gasteiger partial charge >= 0.3 is 5.97 Å².